The SMILES string of the molecule is Cc1c(C#N)ncc(C(C)C)c1F. The molecule has 1 aromatic heterocycles. The van der Waals surface area contributed by atoms with Gasteiger partial charge >= 0.3 is 0 Å². The van der Waals surface area contributed by atoms with E-state index < -0.39 is 0 Å². The third-order valence-corrected chi connectivity index (χ3v) is 2.00. The van der Waals surface area contributed by atoms with Gasteiger partial charge in [-0.25, -0.2) is 9.37 Å². The van der Waals surface area contributed by atoms with Gasteiger partial charge in [-0.3, -0.25) is 0 Å². The zero-order valence-corrected chi connectivity index (χ0v) is 7.93. The molecule has 68 valence electrons. The Morgan fingerprint density at radius 3 is 2.62 bits per heavy atom. The van der Waals surface area contributed by atoms with Crippen molar-refractivity contribution in [3.63, 3.8) is 0 Å². The Kier molecular flexibility index (Phi) is 2.62. The fourth-order valence-corrected chi connectivity index (χ4v) is 1.12. The van der Waals surface area contributed by atoms with Crippen LogP contribution in [0, 0.1) is 24.1 Å². The van der Waals surface area contributed by atoms with Gasteiger partial charge in [-0.1, -0.05) is 13.8 Å². The van der Waals surface area contributed by atoms with E-state index >= 15 is 0 Å². The van der Waals surface area contributed by atoms with E-state index in [0.717, 1.165) is 0 Å². The van der Waals surface area contributed by atoms with Crippen LogP contribution in [0.5, 0.6) is 0 Å². The van der Waals surface area contributed by atoms with Crippen molar-refractivity contribution in [3.8, 4) is 6.07 Å². The lowest BCUT2D eigenvalue weighted by Gasteiger charge is -2.08. The third kappa shape index (κ3) is 1.67. The molecule has 13 heavy (non-hydrogen) atoms. The van der Waals surface area contributed by atoms with Crippen LogP contribution < -0.4 is 0 Å². The average Bonchev–Trinajstić information content (AvgIpc) is 2.09. The van der Waals surface area contributed by atoms with E-state index in [-0.39, 0.29) is 17.4 Å². The molecule has 0 atom stereocenters. The molecule has 0 N–H and O–H groups in total. The lowest BCUT2D eigenvalue weighted by atomic mass is 10.0. The van der Waals surface area contributed by atoms with Gasteiger partial charge < -0.3 is 0 Å². The molecule has 2 nitrogen and oxygen atoms in total. The zero-order valence-electron chi connectivity index (χ0n) is 7.93. The van der Waals surface area contributed by atoms with Crippen molar-refractivity contribution < 1.29 is 4.39 Å². The van der Waals surface area contributed by atoms with Gasteiger partial charge in [0, 0.05) is 17.3 Å². The van der Waals surface area contributed by atoms with Crippen LogP contribution in [0.1, 0.15) is 36.6 Å². The van der Waals surface area contributed by atoms with E-state index in [2.05, 4.69) is 4.98 Å². The molecular formula is C10H11FN2. The van der Waals surface area contributed by atoms with Gasteiger partial charge in [0.2, 0.25) is 0 Å². The summed E-state index contributed by atoms with van der Waals surface area (Å²) in [5, 5.41) is 8.59. The average molecular weight is 178 g/mol. The molecule has 0 fully saturated rings. The molecule has 0 aliphatic rings. The quantitative estimate of drug-likeness (QED) is 0.662. The first-order valence-corrected chi connectivity index (χ1v) is 4.13. The summed E-state index contributed by atoms with van der Waals surface area (Å²) in [7, 11) is 0. The molecule has 0 saturated carbocycles. The minimum atomic E-state index is -0.304. The van der Waals surface area contributed by atoms with Crippen LogP contribution >= 0.6 is 0 Å². The Morgan fingerprint density at radius 2 is 2.15 bits per heavy atom. The fourth-order valence-electron chi connectivity index (χ4n) is 1.12. The van der Waals surface area contributed by atoms with E-state index in [1.54, 1.807) is 6.92 Å². The molecule has 0 saturated heterocycles. The molecule has 0 bridgehead atoms. The monoisotopic (exact) mass is 178 g/mol. The summed E-state index contributed by atoms with van der Waals surface area (Å²) >= 11 is 0. The van der Waals surface area contributed by atoms with Crippen LogP contribution in [0.25, 0.3) is 0 Å². The van der Waals surface area contributed by atoms with Crippen molar-refractivity contribution in [2.75, 3.05) is 0 Å². The van der Waals surface area contributed by atoms with Crippen LogP contribution in [-0.4, -0.2) is 4.98 Å². The van der Waals surface area contributed by atoms with E-state index in [9.17, 15) is 4.39 Å². The van der Waals surface area contributed by atoms with Gasteiger partial charge in [-0.2, -0.15) is 5.26 Å². The Labute approximate surface area is 77.0 Å². The number of pyridine rings is 1. The highest BCUT2D eigenvalue weighted by Gasteiger charge is 2.12. The summed E-state index contributed by atoms with van der Waals surface area (Å²) in [5.41, 5.74) is 1.08. The van der Waals surface area contributed by atoms with E-state index in [1.807, 2.05) is 19.9 Å². The normalized spacial score (nSPS) is 10.2. The van der Waals surface area contributed by atoms with Gasteiger partial charge in [0.1, 0.15) is 17.6 Å². The molecule has 0 spiro atoms. The van der Waals surface area contributed by atoms with Crippen LogP contribution in [-0.2, 0) is 0 Å². The minimum Gasteiger partial charge on any atom is -0.245 e. The van der Waals surface area contributed by atoms with Crippen LogP contribution in [0.3, 0.4) is 0 Å². The summed E-state index contributed by atoms with van der Waals surface area (Å²) in [6.45, 7) is 5.37. The molecular weight excluding hydrogens is 167 g/mol. The Hall–Kier alpha value is -1.43. The van der Waals surface area contributed by atoms with Crippen LogP contribution in [0.2, 0.25) is 0 Å². The van der Waals surface area contributed by atoms with Crippen molar-refractivity contribution in [3.05, 3.63) is 28.8 Å². The highest BCUT2D eigenvalue weighted by Crippen LogP contribution is 2.20. The second-order valence-electron chi connectivity index (χ2n) is 3.27. The van der Waals surface area contributed by atoms with Gasteiger partial charge in [-0.15, -0.1) is 0 Å². The number of halogens is 1. The molecule has 3 heteroatoms. The van der Waals surface area contributed by atoms with Crippen LogP contribution in [0.15, 0.2) is 6.20 Å². The number of hydrogen-bond donors (Lipinski definition) is 0. The molecule has 0 aromatic carbocycles. The highest BCUT2D eigenvalue weighted by atomic mass is 19.1. The van der Waals surface area contributed by atoms with Gasteiger partial charge in [0.25, 0.3) is 0 Å². The summed E-state index contributed by atoms with van der Waals surface area (Å²) in [4.78, 5) is 3.88. The summed E-state index contributed by atoms with van der Waals surface area (Å²) in [6, 6.07) is 1.85. The predicted molar refractivity (Wildman–Crippen MR) is 47.7 cm³/mol. The molecule has 0 amide bonds. The lowest BCUT2D eigenvalue weighted by molar-refractivity contribution is 0.585. The maximum absolute atomic E-state index is 13.5. The molecule has 1 rings (SSSR count). The van der Waals surface area contributed by atoms with Crippen molar-refractivity contribution in [1.29, 1.82) is 5.26 Å². The van der Waals surface area contributed by atoms with Crippen molar-refractivity contribution in [1.82, 2.24) is 4.98 Å². The Balaban J connectivity index is 3.33. The fraction of sp³-hybridized carbons (Fsp3) is 0.400. The van der Waals surface area contributed by atoms with Crippen molar-refractivity contribution >= 4 is 0 Å². The van der Waals surface area contributed by atoms with Gasteiger partial charge in [0.15, 0.2) is 0 Å². The number of nitriles is 1. The number of aromatic nitrogens is 1. The maximum atomic E-state index is 13.5. The molecule has 0 aliphatic carbocycles. The number of hydrogen-bond acceptors (Lipinski definition) is 2. The molecule has 0 aliphatic heterocycles. The van der Waals surface area contributed by atoms with Gasteiger partial charge in [-0.05, 0) is 12.8 Å². The first-order chi connectivity index (χ1) is 6.07. The summed E-state index contributed by atoms with van der Waals surface area (Å²) < 4.78 is 13.5. The van der Waals surface area contributed by atoms with Crippen molar-refractivity contribution in [2.24, 2.45) is 0 Å². The second-order valence-corrected chi connectivity index (χ2v) is 3.27. The number of nitrogens with zero attached hydrogens (tertiary/aromatic N) is 2. The smallest absolute Gasteiger partial charge is 0.146 e. The predicted octanol–water partition coefficient (Wildman–Crippen LogP) is 2.52. The first kappa shape index (κ1) is 9.66. The Bertz CT molecular complexity index is 364. The van der Waals surface area contributed by atoms with E-state index in [0.29, 0.717) is 11.1 Å². The zero-order chi connectivity index (χ0) is 10.0. The number of rotatable bonds is 1. The first-order valence-electron chi connectivity index (χ1n) is 4.13. The maximum Gasteiger partial charge on any atom is 0.146 e. The molecule has 0 unspecified atom stereocenters. The molecule has 1 heterocycles. The second kappa shape index (κ2) is 3.53. The summed E-state index contributed by atoms with van der Waals surface area (Å²) in [6.07, 6.45) is 1.44. The largest absolute Gasteiger partial charge is 0.245 e. The summed E-state index contributed by atoms with van der Waals surface area (Å²) in [5.74, 6) is -0.208. The van der Waals surface area contributed by atoms with Gasteiger partial charge in [0.05, 0.1) is 0 Å². The topological polar surface area (TPSA) is 36.7 Å². The van der Waals surface area contributed by atoms with E-state index in [1.165, 1.54) is 6.20 Å². The van der Waals surface area contributed by atoms with Crippen molar-refractivity contribution in [2.45, 2.75) is 26.7 Å². The lowest BCUT2D eigenvalue weighted by Crippen LogP contribution is -2.00. The van der Waals surface area contributed by atoms with Crippen LogP contribution in [0.4, 0.5) is 4.39 Å². The van der Waals surface area contributed by atoms with E-state index in [4.69, 9.17) is 5.26 Å². The molecule has 1 aromatic rings. The minimum absolute atomic E-state index is 0.0962. The highest BCUT2D eigenvalue weighted by molar-refractivity contribution is 5.35. The third-order valence-electron chi connectivity index (χ3n) is 2.00. The Morgan fingerprint density at radius 1 is 1.54 bits per heavy atom. The standard InChI is InChI=1S/C10H11FN2/c1-6(2)8-5-13-9(4-12)7(3)10(8)11/h5-6H,1-3H3. The molecule has 0 radical (unpaired) electrons.